The van der Waals surface area contributed by atoms with Gasteiger partial charge >= 0.3 is 23.9 Å². The largest absolute Gasteiger partial charge is 0.480 e. The molecule has 0 radical (unpaired) electrons. The monoisotopic (exact) mass is 456 g/mol. The van der Waals surface area contributed by atoms with Crippen molar-refractivity contribution in [3.05, 3.63) is 70.8 Å². The topological polar surface area (TPSA) is 127 Å². The highest BCUT2D eigenvalue weighted by atomic mass is 16.6. The fraction of sp³-hybridized carbons (Fsp3) is 0.360. The van der Waals surface area contributed by atoms with E-state index in [1.807, 2.05) is 0 Å². The minimum Gasteiger partial charge on any atom is -0.480 e. The van der Waals surface area contributed by atoms with Crippen molar-refractivity contribution >= 4 is 23.9 Å². The summed E-state index contributed by atoms with van der Waals surface area (Å²) >= 11 is 0. The first-order valence-corrected chi connectivity index (χ1v) is 10.3. The number of hydrogen-bond donors (Lipinski definition) is 2. The summed E-state index contributed by atoms with van der Waals surface area (Å²) in [6, 6.07) is 12.4. The van der Waals surface area contributed by atoms with Crippen LogP contribution in [0.4, 0.5) is 0 Å². The number of methoxy groups -OCH3 is 1. The van der Waals surface area contributed by atoms with Gasteiger partial charge in [-0.2, -0.15) is 0 Å². The number of carboxylic acids is 2. The molecule has 0 atom stereocenters. The van der Waals surface area contributed by atoms with Crippen LogP contribution in [0.3, 0.4) is 0 Å². The zero-order valence-electron chi connectivity index (χ0n) is 19.1. The maximum atomic E-state index is 12.1. The maximum Gasteiger partial charge on any atom is 0.338 e. The van der Waals surface area contributed by atoms with Crippen LogP contribution in [-0.2, 0) is 31.9 Å². The van der Waals surface area contributed by atoms with Gasteiger partial charge in [-0.15, -0.1) is 0 Å². The SMILES string of the molecule is COC(=O)c1ccc(CC(CCc2ccc(C(=O)OC(C)(C)C)cc2)(C(=O)O)C(=O)O)cc1. The summed E-state index contributed by atoms with van der Waals surface area (Å²) in [6.07, 6.45) is -0.245. The van der Waals surface area contributed by atoms with Crippen LogP contribution in [0.25, 0.3) is 0 Å². The summed E-state index contributed by atoms with van der Waals surface area (Å²) in [5, 5.41) is 19.6. The molecule has 0 aromatic heterocycles. The predicted molar refractivity (Wildman–Crippen MR) is 119 cm³/mol. The van der Waals surface area contributed by atoms with E-state index in [9.17, 15) is 29.4 Å². The second-order valence-electron chi connectivity index (χ2n) is 8.76. The van der Waals surface area contributed by atoms with E-state index in [-0.39, 0.29) is 24.8 Å². The van der Waals surface area contributed by atoms with Crippen LogP contribution >= 0.6 is 0 Å². The third-order valence-corrected chi connectivity index (χ3v) is 5.13. The molecular weight excluding hydrogens is 428 g/mol. The summed E-state index contributed by atoms with van der Waals surface area (Å²) in [6.45, 7) is 5.29. The van der Waals surface area contributed by atoms with Crippen LogP contribution in [0.5, 0.6) is 0 Å². The molecule has 2 aromatic carbocycles. The summed E-state index contributed by atoms with van der Waals surface area (Å²) < 4.78 is 9.95. The van der Waals surface area contributed by atoms with Crippen LogP contribution in [-0.4, -0.2) is 46.8 Å². The number of benzene rings is 2. The number of hydrogen-bond acceptors (Lipinski definition) is 6. The van der Waals surface area contributed by atoms with Gasteiger partial charge in [-0.25, -0.2) is 9.59 Å². The van der Waals surface area contributed by atoms with Gasteiger partial charge < -0.3 is 19.7 Å². The molecule has 2 aromatic rings. The number of carbonyl (C=O) groups excluding carboxylic acids is 2. The Morgan fingerprint density at radius 3 is 1.64 bits per heavy atom. The first-order valence-electron chi connectivity index (χ1n) is 10.3. The molecule has 2 rings (SSSR count). The van der Waals surface area contributed by atoms with Gasteiger partial charge in [0.2, 0.25) is 0 Å². The van der Waals surface area contributed by atoms with E-state index in [1.54, 1.807) is 45.0 Å². The average Bonchev–Trinajstić information content (AvgIpc) is 2.75. The molecule has 0 aliphatic heterocycles. The molecular formula is C25H28O8. The molecule has 0 aliphatic rings. The Bertz CT molecular complexity index is 1000. The highest BCUT2D eigenvalue weighted by Gasteiger charge is 2.46. The summed E-state index contributed by atoms with van der Waals surface area (Å²) in [4.78, 5) is 47.9. The lowest BCUT2D eigenvalue weighted by Gasteiger charge is -2.25. The molecule has 0 fully saturated rings. The van der Waals surface area contributed by atoms with Crippen LogP contribution in [0.1, 0.15) is 59.0 Å². The lowest BCUT2D eigenvalue weighted by atomic mass is 9.77. The van der Waals surface area contributed by atoms with Crippen molar-refractivity contribution < 1.29 is 38.9 Å². The number of ether oxygens (including phenoxy) is 2. The van der Waals surface area contributed by atoms with Crippen molar-refractivity contribution in [2.45, 2.75) is 45.6 Å². The number of aliphatic carboxylic acids is 2. The third-order valence-electron chi connectivity index (χ3n) is 5.13. The fourth-order valence-electron chi connectivity index (χ4n) is 3.27. The Morgan fingerprint density at radius 2 is 1.21 bits per heavy atom. The van der Waals surface area contributed by atoms with E-state index in [2.05, 4.69) is 4.74 Å². The van der Waals surface area contributed by atoms with E-state index in [0.717, 1.165) is 0 Å². The van der Waals surface area contributed by atoms with Gasteiger partial charge in [0, 0.05) is 0 Å². The Kier molecular flexibility index (Phi) is 7.98. The molecule has 0 saturated carbocycles. The van der Waals surface area contributed by atoms with Crippen LogP contribution < -0.4 is 0 Å². The molecule has 2 N–H and O–H groups in total. The van der Waals surface area contributed by atoms with E-state index in [0.29, 0.717) is 16.7 Å². The van der Waals surface area contributed by atoms with Gasteiger partial charge in [-0.3, -0.25) is 9.59 Å². The van der Waals surface area contributed by atoms with Crippen molar-refractivity contribution in [3.63, 3.8) is 0 Å². The molecule has 8 heteroatoms. The highest BCUT2D eigenvalue weighted by Crippen LogP contribution is 2.31. The van der Waals surface area contributed by atoms with Gasteiger partial charge in [0.1, 0.15) is 5.60 Å². The molecule has 0 unspecified atom stereocenters. The third kappa shape index (κ3) is 6.65. The second kappa shape index (κ2) is 10.3. The molecule has 0 amide bonds. The maximum absolute atomic E-state index is 12.1. The Hall–Kier alpha value is -3.68. The van der Waals surface area contributed by atoms with Gasteiger partial charge in [0.05, 0.1) is 18.2 Å². The number of aryl methyl sites for hydroxylation is 1. The van der Waals surface area contributed by atoms with E-state index >= 15 is 0 Å². The molecule has 8 nitrogen and oxygen atoms in total. The van der Waals surface area contributed by atoms with Gasteiger partial charge in [-0.1, -0.05) is 24.3 Å². The summed E-state index contributed by atoms with van der Waals surface area (Å²) in [7, 11) is 1.25. The molecule has 0 heterocycles. The lowest BCUT2D eigenvalue weighted by molar-refractivity contribution is -0.165. The zero-order chi connectivity index (χ0) is 24.8. The van der Waals surface area contributed by atoms with Gasteiger partial charge in [0.25, 0.3) is 0 Å². The lowest BCUT2D eigenvalue weighted by Crippen LogP contribution is -2.42. The minimum atomic E-state index is -2.06. The zero-order valence-corrected chi connectivity index (χ0v) is 19.1. The van der Waals surface area contributed by atoms with Crippen molar-refractivity contribution in [1.29, 1.82) is 0 Å². The molecule has 33 heavy (non-hydrogen) atoms. The second-order valence-corrected chi connectivity index (χ2v) is 8.76. The molecule has 0 spiro atoms. The normalized spacial score (nSPS) is 11.5. The molecule has 0 bridgehead atoms. The Balaban J connectivity index is 2.19. The van der Waals surface area contributed by atoms with Crippen molar-refractivity contribution in [1.82, 2.24) is 0 Å². The van der Waals surface area contributed by atoms with E-state index in [4.69, 9.17) is 4.74 Å². The highest BCUT2D eigenvalue weighted by molar-refractivity contribution is 5.98. The first-order chi connectivity index (χ1) is 15.4. The quantitative estimate of drug-likeness (QED) is 0.431. The number of carboxylic acid groups (broad SMARTS) is 2. The van der Waals surface area contributed by atoms with Gasteiger partial charge in [0.15, 0.2) is 5.41 Å². The minimum absolute atomic E-state index is 0.164. The van der Waals surface area contributed by atoms with E-state index in [1.165, 1.54) is 31.4 Å². The van der Waals surface area contributed by atoms with Crippen molar-refractivity contribution in [2.24, 2.45) is 5.41 Å². The van der Waals surface area contributed by atoms with Crippen LogP contribution in [0.15, 0.2) is 48.5 Å². The number of esters is 2. The Morgan fingerprint density at radius 1 is 0.758 bits per heavy atom. The number of rotatable bonds is 9. The van der Waals surface area contributed by atoms with E-state index < -0.39 is 34.9 Å². The smallest absolute Gasteiger partial charge is 0.338 e. The fourth-order valence-corrected chi connectivity index (χ4v) is 3.27. The van der Waals surface area contributed by atoms with Crippen LogP contribution in [0.2, 0.25) is 0 Å². The van der Waals surface area contributed by atoms with Crippen molar-refractivity contribution in [3.8, 4) is 0 Å². The predicted octanol–water partition coefficient (Wildman–Crippen LogP) is 3.76. The number of carbonyl (C=O) groups is 4. The Labute approximate surface area is 192 Å². The summed E-state index contributed by atoms with van der Waals surface area (Å²) in [5.74, 6) is -3.91. The first kappa shape index (κ1) is 25.6. The van der Waals surface area contributed by atoms with Crippen LogP contribution in [0, 0.1) is 5.41 Å². The van der Waals surface area contributed by atoms with Crippen molar-refractivity contribution in [2.75, 3.05) is 7.11 Å². The molecule has 0 saturated heterocycles. The molecule has 0 aliphatic carbocycles. The van der Waals surface area contributed by atoms with Gasteiger partial charge in [-0.05, 0) is 75.4 Å². The standard InChI is InChI=1S/C25H28O8/c1-24(2,3)33-21(27)19-9-5-16(6-10-19)13-14-25(22(28)29,23(30)31)15-17-7-11-18(12-8-17)20(26)32-4/h5-12H,13-15H2,1-4H3,(H,28,29)(H,30,31). The average molecular weight is 456 g/mol. The summed E-state index contributed by atoms with van der Waals surface area (Å²) in [5.41, 5.74) is -0.906. The molecule has 176 valence electrons.